The van der Waals surface area contributed by atoms with Gasteiger partial charge in [0.1, 0.15) is 10.8 Å². The van der Waals surface area contributed by atoms with Crippen molar-refractivity contribution in [1.29, 1.82) is 0 Å². The number of carbonyl (C=O) groups is 2. The molecule has 8 nitrogen and oxygen atoms in total. The number of non-ortho nitro benzene ring substituents is 1. The number of rotatable bonds is 5. The van der Waals surface area contributed by atoms with Gasteiger partial charge in [0.15, 0.2) is 0 Å². The molecule has 0 atom stereocenters. The molecule has 0 saturated carbocycles. The van der Waals surface area contributed by atoms with Crippen LogP contribution < -0.4 is 4.74 Å². The second kappa shape index (κ2) is 6.86. The number of fused-ring (bicyclic) bond motifs is 1. The molecule has 0 saturated heterocycles. The van der Waals surface area contributed by atoms with Crippen molar-refractivity contribution in [3.8, 4) is 16.3 Å². The Balaban J connectivity index is 1.58. The van der Waals surface area contributed by atoms with Crippen LogP contribution in [-0.2, 0) is 6.54 Å². The maximum Gasteiger partial charge on any atom is 0.270 e. The van der Waals surface area contributed by atoms with E-state index >= 15 is 0 Å². The Morgan fingerprint density at radius 1 is 1.14 bits per heavy atom. The number of ether oxygens (including phenoxy) is 1. The SMILES string of the molecule is COc1cccc(-c2nc(CN3C(=O)c4ccc([N+](=O)[O-])cc4C3=O)cs2)c1. The fourth-order valence-electron chi connectivity index (χ4n) is 2.97. The lowest BCUT2D eigenvalue weighted by molar-refractivity contribution is -0.384. The molecule has 2 heterocycles. The molecule has 1 aliphatic rings. The van der Waals surface area contributed by atoms with Crippen LogP contribution in [0.2, 0.25) is 0 Å². The highest BCUT2D eigenvalue weighted by atomic mass is 32.1. The molecule has 0 bridgehead atoms. The third-order valence-electron chi connectivity index (χ3n) is 4.35. The van der Waals surface area contributed by atoms with Gasteiger partial charge in [0.05, 0.1) is 35.4 Å². The summed E-state index contributed by atoms with van der Waals surface area (Å²) in [6.45, 7) is 0.000608. The molecule has 0 spiro atoms. The summed E-state index contributed by atoms with van der Waals surface area (Å²) in [5, 5.41) is 13.4. The summed E-state index contributed by atoms with van der Waals surface area (Å²) >= 11 is 1.39. The van der Waals surface area contributed by atoms with Crippen LogP contribution in [0, 0.1) is 10.1 Å². The quantitative estimate of drug-likeness (QED) is 0.372. The van der Waals surface area contributed by atoms with Crippen LogP contribution in [0.3, 0.4) is 0 Å². The second-order valence-electron chi connectivity index (χ2n) is 6.06. The molecule has 3 aromatic rings. The summed E-state index contributed by atoms with van der Waals surface area (Å²) < 4.78 is 5.21. The molecule has 0 radical (unpaired) electrons. The van der Waals surface area contributed by atoms with Crippen molar-refractivity contribution in [2.45, 2.75) is 6.54 Å². The minimum atomic E-state index is -0.596. The summed E-state index contributed by atoms with van der Waals surface area (Å²) in [4.78, 5) is 41.0. The van der Waals surface area contributed by atoms with Crippen molar-refractivity contribution in [2.75, 3.05) is 7.11 Å². The van der Waals surface area contributed by atoms with E-state index in [1.807, 2.05) is 24.3 Å². The van der Waals surface area contributed by atoms with E-state index in [2.05, 4.69) is 4.98 Å². The van der Waals surface area contributed by atoms with Crippen LogP contribution in [0.15, 0.2) is 47.8 Å². The third-order valence-corrected chi connectivity index (χ3v) is 5.29. The predicted octanol–water partition coefficient (Wildman–Crippen LogP) is 3.52. The predicted molar refractivity (Wildman–Crippen MR) is 101 cm³/mol. The van der Waals surface area contributed by atoms with Crippen LogP contribution in [0.4, 0.5) is 5.69 Å². The Hall–Kier alpha value is -3.59. The number of carbonyl (C=O) groups excluding carboxylic acids is 2. The molecule has 0 unspecified atom stereocenters. The summed E-state index contributed by atoms with van der Waals surface area (Å²) in [6, 6.07) is 11.1. The van der Waals surface area contributed by atoms with Crippen molar-refractivity contribution < 1.29 is 19.2 Å². The van der Waals surface area contributed by atoms with E-state index in [1.54, 1.807) is 12.5 Å². The molecule has 0 aliphatic carbocycles. The van der Waals surface area contributed by atoms with Gasteiger partial charge in [-0.25, -0.2) is 4.98 Å². The first kappa shape index (κ1) is 17.8. The Bertz CT molecular complexity index is 1120. The first-order valence-corrected chi connectivity index (χ1v) is 9.09. The highest BCUT2D eigenvalue weighted by Crippen LogP contribution is 2.30. The standard InChI is InChI=1S/C19H13N3O5S/c1-27-14-4-2-3-11(7-14)17-20-12(10-28-17)9-21-18(23)15-6-5-13(22(25)26)8-16(15)19(21)24/h2-8,10H,9H2,1H3. The van der Waals surface area contributed by atoms with Crippen LogP contribution in [0.25, 0.3) is 10.6 Å². The molecule has 2 aromatic carbocycles. The van der Waals surface area contributed by atoms with Crippen molar-refractivity contribution in [3.05, 3.63) is 74.8 Å². The van der Waals surface area contributed by atoms with E-state index in [9.17, 15) is 19.7 Å². The van der Waals surface area contributed by atoms with E-state index < -0.39 is 16.7 Å². The lowest BCUT2D eigenvalue weighted by Gasteiger charge is -2.11. The normalized spacial score (nSPS) is 13.0. The summed E-state index contributed by atoms with van der Waals surface area (Å²) in [6.07, 6.45) is 0. The molecule has 4 rings (SSSR count). The molecule has 1 aromatic heterocycles. The van der Waals surface area contributed by atoms with Crippen LogP contribution in [0.5, 0.6) is 5.75 Å². The van der Waals surface area contributed by atoms with Crippen LogP contribution in [0.1, 0.15) is 26.4 Å². The second-order valence-corrected chi connectivity index (χ2v) is 6.92. The topological polar surface area (TPSA) is 103 Å². The number of aromatic nitrogens is 1. The zero-order chi connectivity index (χ0) is 19.8. The van der Waals surface area contributed by atoms with Gasteiger partial charge in [-0.3, -0.25) is 24.6 Å². The molecular weight excluding hydrogens is 382 g/mol. The Labute approximate surface area is 163 Å². The van der Waals surface area contributed by atoms with Crippen molar-refractivity contribution in [1.82, 2.24) is 9.88 Å². The number of hydrogen-bond donors (Lipinski definition) is 0. The fraction of sp³-hybridized carbons (Fsp3) is 0.105. The summed E-state index contributed by atoms with van der Waals surface area (Å²) in [5.41, 5.74) is 1.41. The van der Waals surface area contributed by atoms with E-state index in [0.29, 0.717) is 11.4 Å². The molecule has 0 N–H and O–H groups in total. The van der Waals surface area contributed by atoms with E-state index in [-0.39, 0.29) is 23.4 Å². The number of methoxy groups -OCH3 is 1. The highest BCUT2D eigenvalue weighted by Gasteiger charge is 2.37. The number of nitro groups is 1. The van der Waals surface area contributed by atoms with E-state index in [0.717, 1.165) is 21.5 Å². The number of amides is 2. The Morgan fingerprint density at radius 2 is 1.93 bits per heavy atom. The van der Waals surface area contributed by atoms with Gasteiger partial charge in [-0.15, -0.1) is 11.3 Å². The lowest BCUT2D eigenvalue weighted by Crippen LogP contribution is -2.29. The molecule has 0 fully saturated rings. The van der Waals surface area contributed by atoms with E-state index in [1.165, 1.54) is 23.5 Å². The maximum absolute atomic E-state index is 12.6. The van der Waals surface area contributed by atoms with Gasteiger partial charge >= 0.3 is 0 Å². The number of nitrogens with zero attached hydrogens (tertiary/aromatic N) is 3. The monoisotopic (exact) mass is 395 g/mol. The van der Waals surface area contributed by atoms with Crippen molar-refractivity contribution >= 4 is 28.8 Å². The smallest absolute Gasteiger partial charge is 0.270 e. The molecule has 2 amide bonds. The fourth-order valence-corrected chi connectivity index (χ4v) is 3.77. The highest BCUT2D eigenvalue weighted by molar-refractivity contribution is 7.13. The van der Waals surface area contributed by atoms with Gasteiger partial charge in [0.25, 0.3) is 17.5 Å². The first-order chi connectivity index (χ1) is 13.5. The minimum absolute atomic E-state index is 0.000608. The van der Waals surface area contributed by atoms with Gasteiger partial charge < -0.3 is 4.74 Å². The van der Waals surface area contributed by atoms with E-state index in [4.69, 9.17) is 4.74 Å². The van der Waals surface area contributed by atoms with Gasteiger partial charge in [-0.05, 0) is 18.2 Å². The molecule has 1 aliphatic heterocycles. The molecule has 9 heteroatoms. The molecule has 28 heavy (non-hydrogen) atoms. The van der Waals surface area contributed by atoms with Gasteiger partial charge in [-0.1, -0.05) is 12.1 Å². The Morgan fingerprint density at radius 3 is 2.68 bits per heavy atom. The third kappa shape index (κ3) is 3.01. The maximum atomic E-state index is 12.6. The lowest BCUT2D eigenvalue weighted by atomic mass is 10.1. The van der Waals surface area contributed by atoms with Crippen molar-refractivity contribution in [3.63, 3.8) is 0 Å². The number of imide groups is 1. The largest absolute Gasteiger partial charge is 0.497 e. The summed E-state index contributed by atoms with van der Waals surface area (Å²) in [5.74, 6) is -0.332. The van der Waals surface area contributed by atoms with Gasteiger partial charge in [0.2, 0.25) is 0 Å². The average Bonchev–Trinajstić information content (AvgIpc) is 3.27. The first-order valence-electron chi connectivity index (χ1n) is 8.21. The number of hydrogen-bond acceptors (Lipinski definition) is 7. The van der Waals surface area contributed by atoms with Gasteiger partial charge in [0, 0.05) is 23.1 Å². The van der Waals surface area contributed by atoms with Gasteiger partial charge in [-0.2, -0.15) is 0 Å². The average molecular weight is 395 g/mol. The minimum Gasteiger partial charge on any atom is -0.497 e. The summed E-state index contributed by atoms with van der Waals surface area (Å²) in [7, 11) is 1.58. The number of nitro benzene ring substituents is 1. The van der Waals surface area contributed by atoms with Crippen molar-refractivity contribution in [2.24, 2.45) is 0 Å². The molecular formula is C19H13N3O5S. The zero-order valence-corrected chi connectivity index (χ0v) is 15.4. The van der Waals surface area contributed by atoms with Crippen LogP contribution >= 0.6 is 11.3 Å². The zero-order valence-electron chi connectivity index (χ0n) is 14.6. The van der Waals surface area contributed by atoms with Crippen LogP contribution in [-0.4, -0.2) is 33.7 Å². The number of benzene rings is 2. The number of thiazole rings is 1. The molecule has 140 valence electrons. The Kier molecular flexibility index (Phi) is 4.36.